The lowest BCUT2D eigenvalue weighted by Crippen LogP contribution is -2.60. The summed E-state index contributed by atoms with van der Waals surface area (Å²) < 4.78 is 9.49. The highest BCUT2D eigenvalue weighted by Crippen LogP contribution is 2.48. The van der Waals surface area contributed by atoms with Gasteiger partial charge in [-0.25, -0.2) is 0 Å². The lowest BCUT2D eigenvalue weighted by molar-refractivity contribution is 0.569. The first-order chi connectivity index (χ1) is 30.3. The molecule has 0 aliphatic carbocycles. The quantitative estimate of drug-likeness (QED) is 0.121. The van der Waals surface area contributed by atoms with Crippen molar-refractivity contribution < 1.29 is 4.42 Å². The number of nitrogens with zero attached hydrogens (tertiary/aromatic N) is 2. The first-order valence-corrected chi connectivity index (χ1v) is 23.3. The van der Waals surface area contributed by atoms with E-state index in [1.807, 2.05) is 0 Å². The molecule has 12 rings (SSSR count). The first kappa shape index (κ1) is 39.3. The molecule has 0 saturated carbocycles. The van der Waals surface area contributed by atoms with Crippen molar-refractivity contribution in [2.45, 2.75) is 105 Å². The number of benzene rings is 8. The monoisotopic (exact) mass is 832 g/mol. The van der Waals surface area contributed by atoms with Crippen molar-refractivity contribution in [3.8, 4) is 5.69 Å². The van der Waals surface area contributed by atoms with E-state index in [0.717, 1.165) is 21.9 Å². The fourth-order valence-electron chi connectivity index (χ4n) is 11.1. The molecular formula is C60H57BN2O. The molecule has 0 fully saturated rings. The third kappa shape index (κ3) is 5.53. The van der Waals surface area contributed by atoms with E-state index in [2.05, 4.69) is 220 Å². The van der Waals surface area contributed by atoms with Gasteiger partial charge in [0.1, 0.15) is 11.2 Å². The Balaban J connectivity index is 1.32. The van der Waals surface area contributed by atoms with E-state index in [-0.39, 0.29) is 28.4 Å². The van der Waals surface area contributed by atoms with Gasteiger partial charge in [0, 0.05) is 44.3 Å². The molecule has 0 atom stereocenters. The molecule has 0 radical (unpaired) electrons. The average molecular weight is 833 g/mol. The maximum Gasteiger partial charge on any atom is 0.252 e. The summed E-state index contributed by atoms with van der Waals surface area (Å²) in [6, 6.07) is 49.4. The molecule has 10 aromatic rings. The summed E-state index contributed by atoms with van der Waals surface area (Å²) in [5.74, 6) is 0. The molecule has 4 heterocycles. The Morgan fingerprint density at radius 2 is 1.05 bits per heavy atom. The molecule has 8 aromatic carbocycles. The zero-order valence-electron chi connectivity index (χ0n) is 39.5. The van der Waals surface area contributed by atoms with Crippen LogP contribution in [0.15, 0.2) is 132 Å². The van der Waals surface area contributed by atoms with E-state index in [0.29, 0.717) is 0 Å². The van der Waals surface area contributed by atoms with Crippen LogP contribution in [0.25, 0.3) is 71.0 Å². The number of fused-ring (bicyclic) bond motifs is 14. The molecule has 316 valence electrons. The molecule has 0 amide bonds. The normalized spacial score (nSPS) is 14.2. The third-order valence-corrected chi connectivity index (χ3v) is 14.7. The molecule has 0 N–H and O–H groups in total. The molecular weight excluding hydrogens is 775 g/mol. The summed E-state index contributed by atoms with van der Waals surface area (Å²) in [4.78, 5) is 2.63. The zero-order chi connectivity index (χ0) is 44.6. The van der Waals surface area contributed by atoms with Crippen molar-refractivity contribution in [1.29, 1.82) is 0 Å². The van der Waals surface area contributed by atoms with Gasteiger partial charge in [0.15, 0.2) is 0 Å². The Morgan fingerprint density at radius 3 is 1.75 bits per heavy atom. The summed E-state index contributed by atoms with van der Waals surface area (Å²) >= 11 is 0. The fraction of sp³-hybridized carbons (Fsp3) is 0.267. The SMILES string of the molecule is CC(C)(C)c1cc(N2c3cc4c(cc3B3c5c2cc(C(C)(C)C)cc5-n2c5cc(C(C)(C)C)ccc5c5c6c(ccc7ccccc76)cc3c52)oc2ccccc24)cc(C(C)(C)C)c1. The van der Waals surface area contributed by atoms with E-state index in [1.165, 1.54) is 105 Å². The van der Waals surface area contributed by atoms with Crippen molar-refractivity contribution >= 4 is 105 Å². The summed E-state index contributed by atoms with van der Waals surface area (Å²) in [5.41, 5.74) is 18.4. The van der Waals surface area contributed by atoms with E-state index >= 15 is 0 Å². The number of rotatable bonds is 1. The Hall–Kier alpha value is -6.26. The minimum atomic E-state index is -0.125. The highest BCUT2D eigenvalue weighted by Gasteiger charge is 2.44. The van der Waals surface area contributed by atoms with E-state index < -0.39 is 0 Å². The second kappa shape index (κ2) is 12.7. The molecule has 2 aliphatic heterocycles. The van der Waals surface area contributed by atoms with Crippen LogP contribution in [0.1, 0.15) is 105 Å². The van der Waals surface area contributed by atoms with E-state index in [9.17, 15) is 0 Å². The van der Waals surface area contributed by atoms with E-state index in [1.54, 1.807) is 0 Å². The van der Waals surface area contributed by atoms with Gasteiger partial charge < -0.3 is 13.9 Å². The van der Waals surface area contributed by atoms with Gasteiger partial charge in [-0.15, -0.1) is 0 Å². The van der Waals surface area contributed by atoms with Crippen LogP contribution >= 0.6 is 0 Å². The van der Waals surface area contributed by atoms with Crippen LogP contribution in [-0.4, -0.2) is 11.3 Å². The van der Waals surface area contributed by atoms with Gasteiger partial charge >= 0.3 is 0 Å². The van der Waals surface area contributed by atoms with Crippen LogP contribution < -0.4 is 21.3 Å². The van der Waals surface area contributed by atoms with Gasteiger partial charge in [-0.1, -0.05) is 162 Å². The maximum absolute atomic E-state index is 6.81. The summed E-state index contributed by atoms with van der Waals surface area (Å²) in [7, 11) is 0. The molecule has 0 bridgehead atoms. The summed E-state index contributed by atoms with van der Waals surface area (Å²) in [5, 5.41) is 10.1. The predicted molar refractivity (Wildman–Crippen MR) is 277 cm³/mol. The smallest absolute Gasteiger partial charge is 0.252 e. The van der Waals surface area contributed by atoms with Crippen LogP contribution in [0.4, 0.5) is 17.1 Å². The lowest BCUT2D eigenvalue weighted by Gasteiger charge is -2.42. The summed E-state index contributed by atoms with van der Waals surface area (Å²) in [6.07, 6.45) is 0. The minimum Gasteiger partial charge on any atom is -0.456 e. The van der Waals surface area contributed by atoms with Gasteiger partial charge in [0.05, 0.1) is 11.0 Å². The topological polar surface area (TPSA) is 21.3 Å². The maximum atomic E-state index is 6.81. The van der Waals surface area contributed by atoms with Crippen molar-refractivity contribution in [3.05, 3.63) is 150 Å². The minimum absolute atomic E-state index is 0.0249. The molecule has 64 heavy (non-hydrogen) atoms. The van der Waals surface area contributed by atoms with Crippen LogP contribution in [0.2, 0.25) is 0 Å². The number of para-hydroxylation sites is 1. The molecule has 2 aliphatic rings. The Labute approximate surface area is 377 Å². The van der Waals surface area contributed by atoms with Gasteiger partial charge in [-0.3, -0.25) is 0 Å². The predicted octanol–water partition coefficient (Wildman–Crippen LogP) is 14.8. The molecule has 0 unspecified atom stereocenters. The van der Waals surface area contributed by atoms with Crippen molar-refractivity contribution in [3.63, 3.8) is 0 Å². The Morgan fingerprint density at radius 1 is 0.422 bits per heavy atom. The van der Waals surface area contributed by atoms with Crippen LogP contribution in [-0.2, 0) is 21.7 Å². The number of hydrogen-bond donors (Lipinski definition) is 0. The standard InChI is InChI=1S/C60H57BN2O/c1-57(2,3)36-23-24-43-47(29-36)63-50-31-39(60(10,11)12)30-49-55(50)61(46-25-35-22-21-34-17-13-14-18-41(34)53(35)54(43)56(46)63)45-33-52-44(42-19-15-16-20-51(42)64-52)32-48(45)62(49)40-27-37(58(4,5)6)26-38(28-40)59(7,8)9/h13-33H,1-12H3. The Kier molecular flexibility index (Phi) is 7.82. The molecule has 0 spiro atoms. The number of aromatic nitrogens is 1. The van der Waals surface area contributed by atoms with Gasteiger partial charge in [-0.2, -0.15) is 0 Å². The average Bonchev–Trinajstić information content (AvgIpc) is 3.78. The van der Waals surface area contributed by atoms with Crippen LogP contribution in [0.5, 0.6) is 0 Å². The van der Waals surface area contributed by atoms with Gasteiger partial charge in [0.25, 0.3) is 6.71 Å². The molecule has 0 saturated heterocycles. The number of hydrogen-bond acceptors (Lipinski definition) is 2. The van der Waals surface area contributed by atoms with Gasteiger partial charge in [0.2, 0.25) is 0 Å². The first-order valence-electron chi connectivity index (χ1n) is 23.3. The molecule has 4 heteroatoms. The second-order valence-corrected chi connectivity index (χ2v) is 23.1. The number of furan rings is 1. The second-order valence-electron chi connectivity index (χ2n) is 23.1. The summed E-state index contributed by atoms with van der Waals surface area (Å²) in [6.45, 7) is 28.2. The van der Waals surface area contributed by atoms with Crippen LogP contribution in [0.3, 0.4) is 0 Å². The molecule has 2 aromatic heterocycles. The Bertz CT molecular complexity index is 3630. The lowest BCUT2D eigenvalue weighted by atomic mass is 9.33. The van der Waals surface area contributed by atoms with Crippen molar-refractivity contribution in [1.82, 2.24) is 4.57 Å². The van der Waals surface area contributed by atoms with Crippen molar-refractivity contribution in [2.24, 2.45) is 0 Å². The largest absolute Gasteiger partial charge is 0.456 e. The zero-order valence-corrected chi connectivity index (χ0v) is 39.5. The highest BCUT2D eigenvalue weighted by molar-refractivity contribution is 7.00. The highest BCUT2D eigenvalue weighted by atomic mass is 16.3. The fourth-order valence-corrected chi connectivity index (χ4v) is 11.1. The number of anilines is 3. The third-order valence-electron chi connectivity index (χ3n) is 14.7. The van der Waals surface area contributed by atoms with Gasteiger partial charge in [-0.05, 0) is 130 Å². The van der Waals surface area contributed by atoms with E-state index in [4.69, 9.17) is 4.42 Å². The molecule has 3 nitrogen and oxygen atoms in total. The van der Waals surface area contributed by atoms with Crippen molar-refractivity contribution in [2.75, 3.05) is 4.90 Å². The van der Waals surface area contributed by atoms with Crippen LogP contribution in [0, 0.1) is 0 Å².